The predicted molar refractivity (Wildman–Crippen MR) is 95.3 cm³/mol. The molecular formula is C9H16N3O13P3S. The Morgan fingerprint density at radius 1 is 1.21 bits per heavy atom. The maximum atomic E-state index is 11.8. The summed E-state index contributed by atoms with van der Waals surface area (Å²) in [6, 6.07) is 1.22. The van der Waals surface area contributed by atoms with Gasteiger partial charge < -0.3 is 40.3 Å². The third kappa shape index (κ3) is 6.95. The second kappa shape index (κ2) is 8.86. The smallest absolute Gasteiger partial charge is 0.387 e. The van der Waals surface area contributed by atoms with Gasteiger partial charge in [-0.25, -0.2) is 22.5 Å². The van der Waals surface area contributed by atoms with Crippen molar-refractivity contribution >= 4 is 40.0 Å². The van der Waals surface area contributed by atoms with Crippen molar-refractivity contribution in [1.29, 1.82) is 0 Å². The van der Waals surface area contributed by atoms with E-state index in [0.29, 0.717) is 0 Å². The van der Waals surface area contributed by atoms with Crippen molar-refractivity contribution in [3.63, 3.8) is 0 Å². The van der Waals surface area contributed by atoms with Crippen LogP contribution in [0.1, 0.15) is 6.23 Å². The number of anilines is 1. The van der Waals surface area contributed by atoms with Crippen LogP contribution in [0.4, 0.5) is 5.82 Å². The van der Waals surface area contributed by atoms with Gasteiger partial charge in [-0.05, 0) is 17.9 Å². The van der Waals surface area contributed by atoms with Crippen molar-refractivity contribution < 1.29 is 56.8 Å². The fraction of sp³-hybridized carbons (Fsp3) is 0.556. The number of phosphoric acid groups is 2. The molecule has 1 aromatic heterocycles. The Labute approximate surface area is 166 Å². The molecule has 1 aliphatic rings. The standard InChI is InChI=1S/C9H16N3O13P3S/c10-5-1-2-12(9(15)11-5)8-7(14)6(13)4(23-8)3-22-27(19,20)25-28(21,29)24-26(16,17)18/h1-2,4,6-8,13-14H,3H2,(H,19,20)(H,21,29)(H2,10,11,15)(H2,16,17,18)/t4-,6-,7-,8-,28?/m1/s1. The van der Waals surface area contributed by atoms with Crippen LogP contribution in [-0.2, 0) is 38.8 Å². The van der Waals surface area contributed by atoms with Crippen LogP contribution in [0, 0.1) is 0 Å². The van der Waals surface area contributed by atoms with Crippen LogP contribution < -0.4 is 11.4 Å². The van der Waals surface area contributed by atoms with E-state index in [9.17, 15) is 33.9 Å². The summed E-state index contributed by atoms with van der Waals surface area (Å²) >= 11 is 4.18. The maximum absolute atomic E-state index is 11.8. The van der Waals surface area contributed by atoms with Gasteiger partial charge in [0, 0.05) is 6.20 Å². The maximum Gasteiger partial charge on any atom is 0.479 e. The molecular weight excluding hydrogens is 483 g/mol. The number of phosphoric ester groups is 1. The first-order chi connectivity index (χ1) is 13.1. The van der Waals surface area contributed by atoms with E-state index in [-0.39, 0.29) is 5.82 Å². The van der Waals surface area contributed by atoms with Gasteiger partial charge in [0.1, 0.15) is 24.1 Å². The quantitative estimate of drug-likeness (QED) is 0.189. The van der Waals surface area contributed by atoms with Crippen LogP contribution in [0.15, 0.2) is 17.1 Å². The monoisotopic (exact) mass is 499 g/mol. The number of rotatable bonds is 8. The van der Waals surface area contributed by atoms with E-state index >= 15 is 0 Å². The van der Waals surface area contributed by atoms with Crippen molar-refractivity contribution in [2.24, 2.45) is 0 Å². The molecule has 1 aromatic rings. The van der Waals surface area contributed by atoms with Gasteiger partial charge in [0.05, 0.1) is 6.61 Å². The zero-order valence-corrected chi connectivity index (χ0v) is 17.4. The summed E-state index contributed by atoms with van der Waals surface area (Å²) in [5, 5.41) is 20.0. The number of ether oxygens (including phenoxy) is 1. The van der Waals surface area contributed by atoms with Crippen LogP contribution >= 0.6 is 22.4 Å². The molecule has 8 N–H and O–H groups in total. The van der Waals surface area contributed by atoms with Gasteiger partial charge >= 0.3 is 28.1 Å². The minimum absolute atomic E-state index is 0.102. The highest BCUT2D eigenvalue weighted by Gasteiger charge is 2.46. The van der Waals surface area contributed by atoms with Crippen molar-refractivity contribution in [2.75, 3.05) is 12.3 Å². The second-order valence-electron chi connectivity index (χ2n) is 5.48. The Morgan fingerprint density at radius 3 is 2.38 bits per heavy atom. The summed E-state index contributed by atoms with van der Waals surface area (Å²) in [4.78, 5) is 51.3. The van der Waals surface area contributed by atoms with E-state index < -0.39 is 59.2 Å². The lowest BCUT2D eigenvalue weighted by atomic mass is 10.1. The summed E-state index contributed by atoms with van der Waals surface area (Å²) in [6.45, 7) is -5.81. The molecule has 2 unspecified atom stereocenters. The van der Waals surface area contributed by atoms with E-state index in [4.69, 9.17) is 20.3 Å². The van der Waals surface area contributed by atoms with Crippen LogP contribution in [-0.4, -0.2) is 64.3 Å². The van der Waals surface area contributed by atoms with Gasteiger partial charge in [-0.2, -0.15) is 4.98 Å². The molecule has 6 atom stereocenters. The van der Waals surface area contributed by atoms with Crippen molar-refractivity contribution in [2.45, 2.75) is 24.5 Å². The Hall–Kier alpha value is -0.610. The Morgan fingerprint density at radius 2 is 1.83 bits per heavy atom. The lowest BCUT2D eigenvalue weighted by Gasteiger charge is -2.20. The number of nitrogen functional groups attached to an aromatic ring is 1. The Balaban J connectivity index is 2.05. The molecule has 166 valence electrons. The van der Waals surface area contributed by atoms with Crippen LogP contribution in [0.25, 0.3) is 0 Å². The number of aromatic nitrogens is 2. The average molecular weight is 499 g/mol. The predicted octanol–water partition coefficient (Wildman–Crippen LogP) is -2.10. The fourth-order valence-electron chi connectivity index (χ4n) is 2.19. The summed E-state index contributed by atoms with van der Waals surface area (Å²) in [6.07, 6.45) is -5.15. The topological polar surface area (TPSA) is 253 Å². The second-order valence-corrected chi connectivity index (χ2v) is 11.3. The molecule has 0 bridgehead atoms. The number of nitrogens with zero attached hydrogens (tertiary/aromatic N) is 2. The van der Waals surface area contributed by atoms with E-state index in [1.54, 1.807) is 0 Å². The van der Waals surface area contributed by atoms with Crippen LogP contribution in [0.3, 0.4) is 0 Å². The van der Waals surface area contributed by atoms with Gasteiger partial charge in [0.2, 0.25) is 0 Å². The summed E-state index contributed by atoms with van der Waals surface area (Å²) in [7, 11) is -10.6. The molecule has 0 amide bonds. The van der Waals surface area contributed by atoms with Gasteiger partial charge in [-0.15, -0.1) is 0 Å². The van der Waals surface area contributed by atoms with Crippen molar-refractivity contribution in [1.82, 2.24) is 9.55 Å². The normalized spacial score (nSPS) is 29.3. The zero-order valence-electron chi connectivity index (χ0n) is 13.9. The minimum atomic E-state index is -5.34. The van der Waals surface area contributed by atoms with E-state index in [2.05, 4.69) is 29.9 Å². The number of aliphatic hydroxyl groups is 2. The van der Waals surface area contributed by atoms with Gasteiger partial charge in [-0.1, -0.05) is 0 Å². The molecule has 0 radical (unpaired) electrons. The lowest BCUT2D eigenvalue weighted by molar-refractivity contribution is -0.0540. The minimum Gasteiger partial charge on any atom is -0.387 e. The molecule has 2 heterocycles. The molecule has 20 heteroatoms. The third-order valence-corrected chi connectivity index (χ3v) is 8.28. The average Bonchev–Trinajstić information content (AvgIpc) is 2.78. The number of aliphatic hydroxyl groups excluding tert-OH is 2. The first-order valence-corrected chi connectivity index (χ1v) is 12.9. The molecule has 1 saturated heterocycles. The fourth-order valence-corrected chi connectivity index (χ4v) is 6.76. The number of hydrogen-bond acceptors (Lipinski definition) is 12. The van der Waals surface area contributed by atoms with Gasteiger partial charge in [0.25, 0.3) is 0 Å². The molecule has 0 saturated carbocycles. The summed E-state index contributed by atoms with van der Waals surface area (Å²) < 4.78 is 40.7. The highest BCUT2D eigenvalue weighted by molar-refractivity contribution is 8.09. The summed E-state index contributed by atoms with van der Waals surface area (Å²) in [5.41, 5.74) is 4.44. The van der Waals surface area contributed by atoms with E-state index in [0.717, 1.165) is 10.8 Å². The van der Waals surface area contributed by atoms with Crippen molar-refractivity contribution in [3.8, 4) is 0 Å². The lowest BCUT2D eigenvalue weighted by Crippen LogP contribution is -2.36. The van der Waals surface area contributed by atoms with Crippen LogP contribution in [0.5, 0.6) is 0 Å². The zero-order chi connectivity index (χ0) is 22.2. The number of nitrogens with two attached hydrogens (primary N) is 1. The van der Waals surface area contributed by atoms with E-state index in [1.165, 1.54) is 6.07 Å². The number of hydrogen-bond donors (Lipinski definition) is 7. The molecule has 0 spiro atoms. The molecule has 16 nitrogen and oxygen atoms in total. The van der Waals surface area contributed by atoms with Crippen LogP contribution in [0.2, 0.25) is 0 Å². The SMILES string of the molecule is Nc1ccn([C@@H]2O[C@H](COP(=O)(O)OP(O)(=S)OP(=O)(O)O)[C@@H](O)[C@H]2O)c(=O)n1. The Bertz CT molecular complexity index is 951. The summed E-state index contributed by atoms with van der Waals surface area (Å²) in [5.74, 6) is -0.102. The van der Waals surface area contributed by atoms with Gasteiger partial charge in [0.15, 0.2) is 6.23 Å². The highest BCUT2D eigenvalue weighted by Crippen LogP contribution is 2.66. The molecule has 0 aromatic carbocycles. The highest BCUT2D eigenvalue weighted by atomic mass is 32.5. The van der Waals surface area contributed by atoms with E-state index in [1.807, 2.05) is 0 Å². The molecule has 29 heavy (non-hydrogen) atoms. The van der Waals surface area contributed by atoms with Gasteiger partial charge in [-0.3, -0.25) is 9.09 Å². The van der Waals surface area contributed by atoms with Crippen molar-refractivity contribution in [3.05, 3.63) is 22.7 Å². The third-order valence-electron chi connectivity index (χ3n) is 3.28. The first kappa shape index (κ1) is 24.7. The molecule has 2 rings (SSSR count). The molecule has 1 aliphatic heterocycles. The Kier molecular flexibility index (Phi) is 7.54. The first-order valence-electron chi connectivity index (χ1n) is 7.25. The molecule has 0 aliphatic carbocycles. The largest absolute Gasteiger partial charge is 0.479 e. The molecule has 1 fully saturated rings.